The summed E-state index contributed by atoms with van der Waals surface area (Å²) in [4.78, 5) is 40.1. The summed E-state index contributed by atoms with van der Waals surface area (Å²) in [6, 6.07) is 11.1. The van der Waals surface area contributed by atoms with Crippen molar-refractivity contribution in [1.82, 2.24) is 4.90 Å². The van der Waals surface area contributed by atoms with Crippen molar-refractivity contribution >= 4 is 39.1 Å². The maximum absolute atomic E-state index is 13.3. The third-order valence-corrected chi connectivity index (χ3v) is 5.68. The topological polar surface area (TPSA) is 102 Å². The van der Waals surface area contributed by atoms with Gasteiger partial charge < -0.3 is 19.3 Å². The second-order valence-corrected chi connectivity index (χ2v) is 7.71. The second kappa shape index (κ2) is 8.41. The Balaban J connectivity index is 1.66. The number of hydrogen-bond donors (Lipinski definition) is 0. The Morgan fingerprint density at radius 1 is 1.13 bits per heavy atom. The van der Waals surface area contributed by atoms with Gasteiger partial charge in [-0.25, -0.2) is 0 Å². The van der Waals surface area contributed by atoms with Gasteiger partial charge in [-0.15, -0.1) is 0 Å². The fraction of sp³-hybridized carbons (Fsp3) is 0.300. The minimum atomic E-state index is -0.868. The lowest BCUT2D eigenvalue weighted by atomic mass is 10.1. The molecule has 1 unspecified atom stereocenters. The third kappa shape index (κ3) is 3.88. The number of benzene rings is 2. The van der Waals surface area contributed by atoms with E-state index in [2.05, 4.69) is 15.9 Å². The maximum atomic E-state index is 13.3. The largest absolute Gasteiger partial charge is 0.476 e. The van der Waals surface area contributed by atoms with E-state index in [1.54, 1.807) is 29.2 Å². The third-order valence-electron chi connectivity index (χ3n) is 5.01. The molecule has 0 bridgehead atoms. The Kier molecular flexibility index (Phi) is 5.69. The molecule has 0 radical (unpaired) electrons. The summed E-state index contributed by atoms with van der Waals surface area (Å²) in [6.07, 6.45) is -0.868. The first-order valence-corrected chi connectivity index (χ1v) is 10.1. The molecule has 2 amide bonds. The fourth-order valence-electron chi connectivity index (χ4n) is 3.48. The molecule has 0 aliphatic carbocycles. The van der Waals surface area contributed by atoms with Crippen molar-refractivity contribution < 1.29 is 24.0 Å². The average molecular weight is 476 g/mol. The van der Waals surface area contributed by atoms with Gasteiger partial charge in [-0.05, 0) is 40.2 Å². The lowest BCUT2D eigenvalue weighted by Crippen LogP contribution is -2.54. The van der Waals surface area contributed by atoms with Gasteiger partial charge in [0.05, 0.1) is 34.8 Å². The normalized spacial score (nSPS) is 18.4. The van der Waals surface area contributed by atoms with E-state index in [0.29, 0.717) is 37.7 Å². The molecule has 0 spiro atoms. The van der Waals surface area contributed by atoms with Gasteiger partial charge in [0.2, 0.25) is 0 Å². The molecule has 9 nitrogen and oxygen atoms in total. The van der Waals surface area contributed by atoms with Crippen LogP contribution in [-0.4, -0.2) is 60.6 Å². The SMILES string of the molecule is O=C(C1CN(C(=O)c2ccc(Br)c([N+](=O)[O-])c2)c2ccccc2O1)N1CCOCC1. The van der Waals surface area contributed by atoms with Gasteiger partial charge >= 0.3 is 0 Å². The number of anilines is 1. The Morgan fingerprint density at radius 2 is 1.87 bits per heavy atom. The number of nitro benzene ring substituents is 1. The van der Waals surface area contributed by atoms with Crippen LogP contribution in [0.3, 0.4) is 0 Å². The number of fused-ring (bicyclic) bond motifs is 1. The van der Waals surface area contributed by atoms with Crippen LogP contribution in [0.4, 0.5) is 11.4 Å². The zero-order valence-electron chi connectivity index (χ0n) is 15.8. The van der Waals surface area contributed by atoms with Crippen LogP contribution < -0.4 is 9.64 Å². The molecular formula is C20H18BrN3O6. The number of morpholine rings is 1. The van der Waals surface area contributed by atoms with Crippen molar-refractivity contribution in [3.8, 4) is 5.75 Å². The molecular weight excluding hydrogens is 458 g/mol. The zero-order chi connectivity index (χ0) is 21.3. The van der Waals surface area contributed by atoms with Crippen molar-refractivity contribution in [1.29, 1.82) is 0 Å². The lowest BCUT2D eigenvalue weighted by molar-refractivity contribution is -0.385. The molecule has 0 aromatic heterocycles. The first-order valence-electron chi connectivity index (χ1n) is 9.33. The summed E-state index contributed by atoms with van der Waals surface area (Å²) < 4.78 is 11.5. The number of hydrogen-bond acceptors (Lipinski definition) is 6. The molecule has 1 fully saturated rings. The number of carbonyl (C=O) groups is 2. The standard InChI is InChI=1S/C20H18BrN3O6/c21-14-6-5-13(11-16(14)24(27)28)19(25)23-12-18(20(26)22-7-9-29-10-8-22)30-17-4-2-1-3-15(17)23/h1-6,11,18H,7-10,12H2. The van der Waals surface area contributed by atoms with Crippen molar-refractivity contribution in [2.45, 2.75) is 6.10 Å². The highest BCUT2D eigenvalue weighted by Gasteiger charge is 2.37. The van der Waals surface area contributed by atoms with Crippen LogP contribution in [0.2, 0.25) is 0 Å². The van der Waals surface area contributed by atoms with E-state index in [1.807, 2.05) is 0 Å². The summed E-state index contributed by atoms with van der Waals surface area (Å²) in [5.41, 5.74) is 0.460. The fourth-order valence-corrected chi connectivity index (χ4v) is 3.88. The lowest BCUT2D eigenvalue weighted by Gasteiger charge is -2.37. The van der Waals surface area contributed by atoms with E-state index in [-0.39, 0.29) is 28.2 Å². The molecule has 1 atom stereocenters. The zero-order valence-corrected chi connectivity index (χ0v) is 17.4. The molecule has 2 heterocycles. The van der Waals surface area contributed by atoms with Crippen LogP contribution in [0.5, 0.6) is 5.75 Å². The van der Waals surface area contributed by atoms with Gasteiger partial charge in [0, 0.05) is 24.7 Å². The molecule has 2 aliphatic rings. The molecule has 1 saturated heterocycles. The second-order valence-electron chi connectivity index (χ2n) is 6.85. The molecule has 2 aromatic carbocycles. The van der Waals surface area contributed by atoms with Gasteiger partial charge in [0.1, 0.15) is 5.75 Å². The molecule has 156 valence electrons. The van der Waals surface area contributed by atoms with E-state index in [0.717, 1.165) is 0 Å². The molecule has 2 aliphatic heterocycles. The van der Waals surface area contributed by atoms with Crippen molar-refractivity contribution in [3.05, 3.63) is 62.6 Å². The molecule has 4 rings (SSSR count). The molecule has 30 heavy (non-hydrogen) atoms. The first-order chi connectivity index (χ1) is 14.5. The summed E-state index contributed by atoms with van der Waals surface area (Å²) >= 11 is 3.13. The Morgan fingerprint density at radius 3 is 2.60 bits per heavy atom. The molecule has 10 heteroatoms. The predicted molar refractivity (Wildman–Crippen MR) is 111 cm³/mol. The first kappa shape index (κ1) is 20.3. The summed E-state index contributed by atoms with van der Waals surface area (Å²) in [5.74, 6) is -0.246. The molecule has 0 N–H and O–H groups in total. The number of amides is 2. The van der Waals surface area contributed by atoms with Gasteiger partial charge in [-0.2, -0.15) is 0 Å². The van der Waals surface area contributed by atoms with E-state index in [1.165, 1.54) is 23.1 Å². The number of carbonyl (C=O) groups excluding carboxylic acids is 2. The van der Waals surface area contributed by atoms with Crippen molar-refractivity contribution in [2.24, 2.45) is 0 Å². The number of ether oxygens (including phenoxy) is 2. The van der Waals surface area contributed by atoms with Crippen LogP contribution in [0, 0.1) is 10.1 Å². The predicted octanol–water partition coefficient (Wildman–Crippen LogP) is 2.62. The number of halogens is 1. The quantitative estimate of drug-likeness (QED) is 0.499. The summed E-state index contributed by atoms with van der Waals surface area (Å²) in [7, 11) is 0. The van der Waals surface area contributed by atoms with Crippen LogP contribution in [0.25, 0.3) is 0 Å². The molecule has 0 saturated carbocycles. The molecule has 2 aromatic rings. The van der Waals surface area contributed by atoms with Crippen molar-refractivity contribution in [2.75, 3.05) is 37.7 Å². The average Bonchev–Trinajstić information content (AvgIpc) is 2.78. The van der Waals surface area contributed by atoms with Gasteiger partial charge in [0.15, 0.2) is 6.10 Å². The maximum Gasteiger partial charge on any atom is 0.284 e. The minimum absolute atomic E-state index is 0.00982. The van der Waals surface area contributed by atoms with Crippen molar-refractivity contribution in [3.63, 3.8) is 0 Å². The highest BCUT2D eigenvalue weighted by molar-refractivity contribution is 9.10. The monoisotopic (exact) mass is 475 g/mol. The number of nitro groups is 1. The number of rotatable bonds is 3. The van der Waals surface area contributed by atoms with Crippen LogP contribution in [-0.2, 0) is 9.53 Å². The van der Waals surface area contributed by atoms with Crippen LogP contribution >= 0.6 is 15.9 Å². The highest BCUT2D eigenvalue weighted by atomic mass is 79.9. The van der Waals surface area contributed by atoms with Gasteiger partial charge in [-0.1, -0.05) is 12.1 Å². The number of para-hydroxylation sites is 2. The van der Waals surface area contributed by atoms with E-state index in [9.17, 15) is 19.7 Å². The summed E-state index contributed by atoms with van der Waals surface area (Å²) in [5, 5.41) is 11.3. The number of nitrogens with zero attached hydrogens (tertiary/aromatic N) is 3. The van der Waals surface area contributed by atoms with Crippen LogP contribution in [0.15, 0.2) is 46.9 Å². The Hall–Kier alpha value is -2.98. The summed E-state index contributed by atoms with van der Waals surface area (Å²) in [6.45, 7) is 1.86. The minimum Gasteiger partial charge on any atom is -0.476 e. The Bertz CT molecular complexity index is 1010. The van der Waals surface area contributed by atoms with E-state index < -0.39 is 16.9 Å². The van der Waals surface area contributed by atoms with Crippen LogP contribution in [0.1, 0.15) is 10.4 Å². The highest BCUT2D eigenvalue weighted by Crippen LogP contribution is 2.35. The van der Waals surface area contributed by atoms with Gasteiger partial charge in [-0.3, -0.25) is 19.7 Å². The smallest absolute Gasteiger partial charge is 0.284 e. The van der Waals surface area contributed by atoms with E-state index in [4.69, 9.17) is 9.47 Å². The van der Waals surface area contributed by atoms with Gasteiger partial charge in [0.25, 0.3) is 17.5 Å². The van der Waals surface area contributed by atoms with E-state index >= 15 is 0 Å². The Labute approximate surface area is 180 Å².